The average molecular weight is 419 g/mol. The Kier molecular flexibility index (Phi) is 8.39. The number of benzene rings is 2. The molecule has 0 fully saturated rings. The first kappa shape index (κ1) is 22.3. The number of rotatable bonds is 8. The maximum atomic E-state index is 13.0. The predicted molar refractivity (Wildman–Crippen MR) is 117 cm³/mol. The van der Waals surface area contributed by atoms with Gasteiger partial charge in [0.2, 0.25) is 11.8 Å². The minimum atomic E-state index is -0.554. The van der Waals surface area contributed by atoms with E-state index in [0.717, 1.165) is 16.0 Å². The van der Waals surface area contributed by atoms with Crippen molar-refractivity contribution in [1.82, 2.24) is 10.2 Å². The molecule has 2 aromatic rings. The topological polar surface area (TPSA) is 49.4 Å². The largest absolute Gasteiger partial charge is 0.352 e. The Hall–Kier alpha value is -1.98. The van der Waals surface area contributed by atoms with E-state index < -0.39 is 6.04 Å². The number of nitrogens with zero attached hydrogens (tertiary/aromatic N) is 1. The summed E-state index contributed by atoms with van der Waals surface area (Å²) in [6, 6.07) is 14.9. The van der Waals surface area contributed by atoms with E-state index in [1.807, 2.05) is 57.2 Å². The Morgan fingerprint density at radius 3 is 2.21 bits per heavy atom. The second-order valence-electron chi connectivity index (χ2n) is 7.09. The van der Waals surface area contributed by atoms with E-state index in [9.17, 15) is 9.59 Å². The zero-order chi connectivity index (χ0) is 20.7. The molecule has 2 amide bonds. The molecule has 2 aromatic carbocycles. The van der Waals surface area contributed by atoms with Crippen molar-refractivity contribution in [3.8, 4) is 0 Å². The lowest BCUT2D eigenvalue weighted by Gasteiger charge is -2.29. The molecule has 0 saturated heterocycles. The van der Waals surface area contributed by atoms with Gasteiger partial charge in [-0.25, -0.2) is 0 Å². The van der Waals surface area contributed by atoms with Gasteiger partial charge in [-0.15, -0.1) is 11.8 Å². The molecular weight excluding hydrogens is 392 g/mol. The van der Waals surface area contributed by atoms with Gasteiger partial charge in [0.05, 0.1) is 5.75 Å². The summed E-state index contributed by atoms with van der Waals surface area (Å²) in [7, 11) is 0. The summed E-state index contributed by atoms with van der Waals surface area (Å²) in [5, 5.41) is 3.56. The van der Waals surface area contributed by atoms with Gasteiger partial charge in [-0.1, -0.05) is 41.4 Å². The number of thioether (sulfide) groups is 1. The molecule has 28 heavy (non-hydrogen) atoms. The lowest BCUT2D eigenvalue weighted by atomic mass is 10.1. The molecule has 0 radical (unpaired) electrons. The van der Waals surface area contributed by atoms with E-state index in [1.54, 1.807) is 24.0 Å². The van der Waals surface area contributed by atoms with Crippen molar-refractivity contribution in [3.63, 3.8) is 0 Å². The van der Waals surface area contributed by atoms with E-state index in [4.69, 9.17) is 11.6 Å². The first-order chi connectivity index (χ1) is 13.3. The molecule has 1 unspecified atom stereocenters. The van der Waals surface area contributed by atoms with Gasteiger partial charge < -0.3 is 10.2 Å². The van der Waals surface area contributed by atoms with Crippen molar-refractivity contribution in [2.24, 2.45) is 0 Å². The van der Waals surface area contributed by atoms with E-state index in [-0.39, 0.29) is 23.6 Å². The van der Waals surface area contributed by atoms with Crippen LogP contribution in [-0.2, 0) is 16.1 Å². The quantitative estimate of drug-likeness (QED) is 0.633. The normalized spacial score (nSPS) is 11.9. The fraction of sp³-hybridized carbons (Fsp3) is 0.364. The second-order valence-corrected chi connectivity index (χ2v) is 8.57. The summed E-state index contributed by atoms with van der Waals surface area (Å²) in [6.07, 6.45) is 0. The number of aryl methyl sites for hydroxylation is 1. The Bertz CT molecular complexity index is 791. The maximum absolute atomic E-state index is 13.0. The highest BCUT2D eigenvalue weighted by atomic mass is 35.5. The molecule has 0 bridgehead atoms. The minimum absolute atomic E-state index is 0.0229. The molecular formula is C22H27ClN2O2S. The van der Waals surface area contributed by atoms with Gasteiger partial charge in [-0.05, 0) is 57.5 Å². The summed E-state index contributed by atoms with van der Waals surface area (Å²) in [5.41, 5.74) is 2.16. The monoisotopic (exact) mass is 418 g/mol. The zero-order valence-corrected chi connectivity index (χ0v) is 18.3. The molecule has 0 saturated carbocycles. The van der Waals surface area contributed by atoms with E-state index >= 15 is 0 Å². The van der Waals surface area contributed by atoms with Gasteiger partial charge in [0.1, 0.15) is 6.04 Å². The summed E-state index contributed by atoms with van der Waals surface area (Å²) >= 11 is 7.36. The minimum Gasteiger partial charge on any atom is -0.352 e. The second kappa shape index (κ2) is 10.5. The van der Waals surface area contributed by atoms with Crippen molar-refractivity contribution in [1.29, 1.82) is 0 Å². The van der Waals surface area contributed by atoms with Gasteiger partial charge in [0.25, 0.3) is 0 Å². The fourth-order valence-electron chi connectivity index (χ4n) is 2.64. The number of hydrogen-bond acceptors (Lipinski definition) is 3. The van der Waals surface area contributed by atoms with Crippen molar-refractivity contribution in [2.45, 2.75) is 51.2 Å². The molecule has 0 heterocycles. The fourth-order valence-corrected chi connectivity index (χ4v) is 3.55. The first-order valence-electron chi connectivity index (χ1n) is 9.30. The molecule has 1 atom stereocenters. The Labute approximate surface area is 176 Å². The third-order valence-corrected chi connectivity index (χ3v) is 5.50. The van der Waals surface area contributed by atoms with Crippen LogP contribution in [-0.4, -0.2) is 34.6 Å². The van der Waals surface area contributed by atoms with E-state index in [1.165, 1.54) is 11.8 Å². The molecule has 150 valence electrons. The highest BCUT2D eigenvalue weighted by molar-refractivity contribution is 8.00. The van der Waals surface area contributed by atoms with Crippen LogP contribution in [0.25, 0.3) is 0 Å². The average Bonchev–Trinajstić information content (AvgIpc) is 2.65. The standard InChI is InChI=1S/C22H27ClN2O2S/c1-15(2)24-22(27)17(4)25(13-18-7-5-16(3)6-8-18)21(26)14-28-20-11-9-19(23)10-12-20/h5-12,15,17H,13-14H2,1-4H3,(H,24,27). The van der Waals surface area contributed by atoms with Crippen LogP contribution in [0.3, 0.4) is 0 Å². The van der Waals surface area contributed by atoms with Crippen LogP contribution in [0.5, 0.6) is 0 Å². The van der Waals surface area contributed by atoms with Crippen LogP contribution in [0.15, 0.2) is 53.4 Å². The molecule has 1 N–H and O–H groups in total. The molecule has 0 aliphatic heterocycles. The SMILES string of the molecule is Cc1ccc(CN(C(=O)CSc2ccc(Cl)cc2)C(C)C(=O)NC(C)C)cc1. The molecule has 6 heteroatoms. The maximum Gasteiger partial charge on any atom is 0.242 e. The van der Waals surface area contributed by atoms with Crippen LogP contribution < -0.4 is 5.32 Å². The predicted octanol–water partition coefficient (Wildman–Crippen LogP) is 4.68. The lowest BCUT2D eigenvalue weighted by Crippen LogP contribution is -2.49. The summed E-state index contributed by atoms with van der Waals surface area (Å²) in [6.45, 7) is 8.01. The number of carbonyl (C=O) groups is 2. The number of nitrogens with one attached hydrogen (secondary N) is 1. The Balaban J connectivity index is 2.12. The molecule has 0 spiro atoms. The van der Waals surface area contributed by atoms with Gasteiger partial charge in [0.15, 0.2) is 0 Å². The van der Waals surface area contributed by atoms with Crippen LogP contribution in [0.4, 0.5) is 0 Å². The number of carbonyl (C=O) groups excluding carboxylic acids is 2. The number of hydrogen-bond donors (Lipinski definition) is 1. The van der Waals surface area contributed by atoms with Crippen molar-refractivity contribution in [2.75, 3.05) is 5.75 Å². The van der Waals surface area contributed by atoms with Gasteiger partial charge in [0, 0.05) is 22.5 Å². The summed E-state index contributed by atoms with van der Waals surface area (Å²) in [5.74, 6) is 0.0335. The van der Waals surface area contributed by atoms with E-state index in [0.29, 0.717) is 11.6 Å². The Morgan fingerprint density at radius 1 is 1.04 bits per heavy atom. The summed E-state index contributed by atoms with van der Waals surface area (Å²) < 4.78 is 0. The highest BCUT2D eigenvalue weighted by Crippen LogP contribution is 2.22. The van der Waals surface area contributed by atoms with Crippen LogP contribution in [0.2, 0.25) is 5.02 Å². The molecule has 2 rings (SSSR count). The van der Waals surface area contributed by atoms with Gasteiger partial charge in [-0.2, -0.15) is 0 Å². The third-order valence-electron chi connectivity index (χ3n) is 4.25. The van der Waals surface area contributed by atoms with Crippen molar-refractivity contribution >= 4 is 35.2 Å². The zero-order valence-electron chi connectivity index (χ0n) is 16.7. The highest BCUT2D eigenvalue weighted by Gasteiger charge is 2.26. The van der Waals surface area contributed by atoms with Crippen molar-refractivity contribution < 1.29 is 9.59 Å². The molecule has 0 aliphatic carbocycles. The molecule has 4 nitrogen and oxygen atoms in total. The van der Waals surface area contributed by atoms with Gasteiger partial charge >= 0.3 is 0 Å². The summed E-state index contributed by atoms with van der Waals surface area (Å²) in [4.78, 5) is 28.1. The van der Waals surface area contributed by atoms with Gasteiger partial charge in [-0.3, -0.25) is 9.59 Å². The van der Waals surface area contributed by atoms with Crippen LogP contribution >= 0.6 is 23.4 Å². The van der Waals surface area contributed by atoms with Crippen LogP contribution in [0, 0.1) is 6.92 Å². The lowest BCUT2D eigenvalue weighted by molar-refractivity contribution is -0.138. The first-order valence-corrected chi connectivity index (χ1v) is 10.7. The smallest absolute Gasteiger partial charge is 0.242 e. The number of halogens is 1. The molecule has 0 aliphatic rings. The number of amides is 2. The third kappa shape index (κ3) is 6.88. The molecule has 0 aromatic heterocycles. The Morgan fingerprint density at radius 2 is 1.64 bits per heavy atom. The van der Waals surface area contributed by atoms with E-state index in [2.05, 4.69) is 5.32 Å². The van der Waals surface area contributed by atoms with Crippen LogP contribution in [0.1, 0.15) is 31.9 Å². The van der Waals surface area contributed by atoms with Crippen molar-refractivity contribution in [3.05, 3.63) is 64.7 Å².